The molecule has 2 aromatic rings. The van der Waals surface area contributed by atoms with E-state index >= 15 is 0 Å². The molecule has 7 heteroatoms. The summed E-state index contributed by atoms with van der Waals surface area (Å²) in [6.07, 6.45) is 0.443. The molecule has 1 heterocycles. The largest absolute Gasteiger partial charge is 0.482 e. The van der Waals surface area contributed by atoms with Crippen molar-refractivity contribution in [3.63, 3.8) is 0 Å². The average Bonchev–Trinajstić information content (AvgIpc) is 2.72. The number of hydrogen-bond donors (Lipinski definition) is 0. The lowest BCUT2D eigenvalue weighted by atomic mass is 10.0. The molecule has 0 spiro atoms. The highest BCUT2D eigenvalue weighted by molar-refractivity contribution is 6.30. The number of ether oxygens (including phenoxy) is 3. The maximum Gasteiger partial charge on any atom is 0.343 e. The van der Waals surface area contributed by atoms with E-state index in [0.717, 1.165) is 17.5 Å². The van der Waals surface area contributed by atoms with Gasteiger partial charge >= 0.3 is 11.9 Å². The van der Waals surface area contributed by atoms with Crippen LogP contribution in [0.3, 0.4) is 0 Å². The van der Waals surface area contributed by atoms with Gasteiger partial charge in [0.1, 0.15) is 11.9 Å². The summed E-state index contributed by atoms with van der Waals surface area (Å²) in [5.41, 5.74) is 2.01. The number of benzene rings is 2. The molecular formula is C22H24ClNO5. The number of carbonyl (C=O) groups excluding carboxylic acids is 2. The van der Waals surface area contributed by atoms with Crippen LogP contribution in [0.2, 0.25) is 5.02 Å². The Balaban J connectivity index is 1.60. The van der Waals surface area contributed by atoms with E-state index in [1.807, 2.05) is 42.5 Å². The van der Waals surface area contributed by atoms with E-state index in [2.05, 4.69) is 16.6 Å². The van der Waals surface area contributed by atoms with Gasteiger partial charge in [0.05, 0.1) is 13.7 Å². The van der Waals surface area contributed by atoms with Gasteiger partial charge in [-0.05, 0) is 48.7 Å². The summed E-state index contributed by atoms with van der Waals surface area (Å²) in [5, 5.41) is 0.623. The molecule has 3 rings (SSSR count). The molecule has 2 unspecified atom stereocenters. The Morgan fingerprint density at radius 3 is 2.72 bits per heavy atom. The number of rotatable bonds is 7. The highest BCUT2D eigenvalue weighted by Gasteiger charge is 2.30. The molecule has 0 amide bonds. The minimum atomic E-state index is -0.422. The number of methoxy groups -OCH3 is 1. The van der Waals surface area contributed by atoms with Crippen molar-refractivity contribution in [2.24, 2.45) is 0 Å². The fourth-order valence-electron chi connectivity index (χ4n) is 3.29. The minimum Gasteiger partial charge on any atom is -0.482 e. The molecule has 0 radical (unpaired) electrons. The molecular weight excluding hydrogens is 394 g/mol. The van der Waals surface area contributed by atoms with Gasteiger partial charge in [0.15, 0.2) is 6.61 Å². The molecule has 0 aliphatic carbocycles. The predicted molar refractivity (Wildman–Crippen MR) is 109 cm³/mol. The molecule has 1 fully saturated rings. The SMILES string of the molecule is COC(=O)COc1ccc(CC(C)N2CC(=O)OC(c3cccc(Cl)c3)C2)cc1. The maximum atomic E-state index is 12.1. The van der Waals surface area contributed by atoms with Gasteiger partial charge in [0, 0.05) is 17.6 Å². The lowest BCUT2D eigenvalue weighted by Crippen LogP contribution is -2.46. The van der Waals surface area contributed by atoms with Crippen LogP contribution in [-0.4, -0.2) is 49.7 Å². The van der Waals surface area contributed by atoms with Gasteiger partial charge in [-0.15, -0.1) is 0 Å². The summed E-state index contributed by atoms with van der Waals surface area (Å²) < 4.78 is 15.5. The topological polar surface area (TPSA) is 65.1 Å². The Bertz CT molecular complexity index is 855. The highest BCUT2D eigenvalue weighted by Crippen LogP contribution is 2.27. The zero-order valence-corrected chi connectivity index (χ0v) is 17.2. The van der Waals surface area contributed by atoms with Crippen molar-refractivity contribution in [3.8, 4) is 5.75 Å². The van der Waals surface area contributed by atoms with Crippen molar-refractivity contribution in [2.45, 2.75) is 25.5 Å². The maximum absolute atomic E-state index is 12.1. The molecule has 2 aromatic carbocycles. The standard InChI is InChI=1S/C22H24ClNO5/c1-15(10-16-6-8-19(9-7-16)28-14-22(26)27-2)24-12-20(29-21(25)13-24)17-4-3-5-18(23)11-17/h3-9,11,15,20H,10,12-14H2,1-2H3. The summed E-state index contributed by atoms with van der Waals surface area (Å²) >= 11 is 6.08. The Morgan fingerprint density at radius 2 is 2.03 bits per heavy atom. The summed E-state index contributed by atoms with van der Waals surface area (Å²) in [5.74, 6) is -0.0528. The van der Waals surface area contributed by atoms with Gasteiger partial charge < -0.3 is 14.2 Å². The number of cyclic esters (lactones) is 1. The van der Waals surface area contributed by atoms with E-state index in [0.29, 0.717) is 17.3 Å². The quantitative estimate of drug-likeness (QED) is 0.643. The van der Waals surface area contributed by atoms with Gasteiger partial charge in [-0.25, -0.2) is 4.79 Å². The molecule has 2 atom stereocenters. The van der Waals surface area contributed by atoms with Crippen LogP contribution in [-0.2, 0) is 25.5 Å². The first-order chi connectivity index (χ1) is 13.9. The van der Waals surface area contributed by atoms with Gasteiger partial charge in [0.2, 0.25) is 0 Å². The smallest absolute Gasteiger partial charge is 0.343 e. The van der Waals surface area contributed by atoms with Crippen LogP contribution < -0.4 is 4.74 Å². The van der Waals surface area contributed by atoms with E-state index in [1.165, 1.54) is 7.11 Å². The lowest BCUT2D eigenvalue weighted by molar-refractivity contribution is -0.160. The molecule has 0 saturated carbocycles. The molecule has 29 heavy (non-hydrogen) atoms. The molecule has 0 aromatic heterocycles. The van der Waals surface area contributed by atoms with Crippen molar-refractivity contribution in [1.82, 2.24) is 4.90 Å². The van der Waals surface area contributed by atoms with Gasteiger partial charge in [-0.3, -0.25) is 9.69 Å². The first kappa shape index (κ1) is 21.1. The number of hydrogen-bond acceptors (Lipinski definition) is 6. The summed E-state index contributed by atoms with van der Waals surface area (Å²) in [6.45, 7) is 2.86. The van der Waals surface area contributed by atoms with Gasteiger partial charge in [-0.2, -0.15) is 0 Å². The number of carbonyl (C=O) groups is 2. The van der Waals surface area contributed by atoms with Crippen LogP contribution in [0.15, 0.2) is 48.5 Å². The van der Waals surface area contributed by atoms with Gasteiger partial charge in [0.25, 0.3) is 0 Å². The van der Waals surface area contributed by atoms with Crippen molar-refractivity contribution in [2.75, 3.05) is 26.8 Å². The molecule has 154 valence electrons. The Labute approximate surface area is 175 Å². The van der Waals surface area contributed by atoms with Crippen LogP contribution in [0, 0.1) is 0 Å². The van der Waals surface area contributed by atoms with E-state index < -0.39 is 5.97 Å². The number of nitrogens with zero attached hydrogens (tertiary/aromatic N) is 1. The Morgan fingerprint density at radius 1 is 1.28 bits per heavy atom. The molecule has 0 bridgehead atoms. The second-order valence-electron chi connectivity index (χ2n) is 7.02. The Kier molecular flexibility index (Phi) is 7.12. The third kappa shape index (κ3) is 5.95. The normalized spacial score (nSPS) is 18.0. The Hall–Kier alpha value is -2.57. The fourth-order valence-corrected chi connectivity index (χ4v) is 3.48. The fraction of sp³-hybridized carbons (Fsp3) is 0.364. The molecule has 1 aliphatic heterocycles. The summed E-state index contributed by atoms with van der Waals surface area (Å²) in [6, 6.07) is 15.1. The third-order valence-electron chi connectivity index (χ3n) is 4.89. The van der Waals surface area contributed by atoms with Crippen LogP contribution in [0.25, 0.3) is 0 Å². The lowest BCUT2D eigenvalue weighted by Gasteiger charge is -2.36. The molecule has 6 nitrogen and oxygen atoms in total. The number of esters is 2. The van der Waals surface area contributed by atoms with E-state index in [9.17, 15) is 9.59 Å². The highest BCUT2D eigenvalue weighted by atomic mass is 35.5. The molecule has 0 N–H and O–H groups in total. The summed E-state index contributed by atoms with van der Waals surface area (Å²) in [4.78, 5) is 25.4. The zero-order valence-electron chi connectivity index (χ0n) is 16.5. The number of morpholine rings is 1. The van der Waals surface area contributed by atoms with Crippen LogP contribution >= 0.6 is 11.6 Å². The monoisotopic (exact) mass is 417 g/mol. The van der Waals surface area contributed by atoms with Crippen LogP contribution in [0.1, 0.15) is 24.2 Å². The first-order valence-corrected chi connectivity index (χ1v) is 9.80. The molecule has 1 saturated heterocycles. The second kappa shape index (κ2) is 9.76. The van der Waals surface area contributed by atoms with Crippen LogP contribution in [0.5, 0.6) is 5.75 Å². The predicted octanol–water partition coefficient (Wildman–Crippen LogP) is 3.42. The average molecular weight is 418 g/mol. The van der Waals surface area contributed by atoms with Crippen LogP contribution in [0.4, 0.5) is 0 Å². The van der Waals surface area contributed by atoms with E-state index in [4.69, 9.17) is 21.1 Å². The van der Waals surface area contributed by atoms with Crippen molar-refractivity contribution in [3.05, 3.63) is 64.7 Å². The zero-order chi connectivity index (χ0) is 20.8. The molecule has 1 aliphatic rings. The second-order valence-corrected chi connectivity index (χ2v) is 7.46. The minimum absolute atomic E-state index is 0.118. The number of halogens is 1. The van der Waals surface area contributed by atoms with Crippen molar-refractivity contribution < 1.29 is 23.8 Å². The summed E-state index contributed by atoms with van der Waals surface area (Å²) in [7, 11) is 1.32. The van der Waals surface area contributed by atoms with Gasteiger partial charge in [-0.1, -0.05) is 35.9 Å². The van der Waals surface area contributed by atoms with Crippen molar-refractivity contribution in [1.29, 1.82) is 0 Å². The van der Waals surface area contributed by atoms with E-state index in [-0.39, 0.29) is 31.3 Å². The van der Waals surface area contributed by atoms with E-state index in [1.54, 1.807) is 6.07 Å². The first-order valence-electron chi connectivity index (χ1n) is 9.42. The third-order valence-corrected chi connectivity index (χ3v) is 5.12. The van der Waals surface area contributed by atoms with Crippen molar-refractivity contribution >= 4 is 23.5 Å².